The molecule has 1 N–H and O–H groups in total. The highest BCUT2D eigenvalue weighted by Gasteiger charge is 2.30. The molecule has 0 spiro atoms. The lowest BCUT2D eigenvalue weighted by Crippen LogP contribution is -2.52. The lowest BCUT2D eigenvalue weighted by molar-refractivity contribution is -0.138. The van der Waals surface area contributed by atoms with Gasteiger partial charge >= 0.3 is 0 Å². The van der Waals surface area contributed by atoms with Crippen LogP contribution in [0.2, 0.25) is 0 Å². The van der Waals surface area contributed by atoms with E-state index in [1.165, 1.54) is 6.42 Å². The van der Waals surface area contributed by atoms with Crippen LogP contribution in [0.3, 0.4) is 0 Å². The fraction of sp³-hybridized carbons (Fsp3) is 0.476. The Kier molecular flexibility index (Phi) is 5.80. The molecule has 1 aliphatic carbocycles. The molecule has 1 aliphatic heterocycles. The summed E-state index contributed by atoms with van der Waals surface area (Å²) in [5.74, 6) is 0.420. The van der Waals surface area contributed by atoms with E-state index >= 15 is 0 Å². The molecular weight excluding hydrogens is 420 g/mol. The Morgan fingerprint density at radius 2 is 1.61 bits per heavy atom. The summed E-state index contributed by atoms with van der Waals surface area (Å²) in [5.41, 5.74) is 2.20. The molecule has 6 nitrogen and oxygen atoms in total. The summed E-state index contributed by atoms with van der Waals surface area (Å²) in [6.07, 6.45) is 5.61. The molecule has 4 rings (SSSR count). The number of nitrogens with one attached hydrogen (secondary N) is 1. The van der Waals surface area contributed by atoms with Crippen LogP contribution >= 0.6 is 15.9 Å². The zero-order valence-electron chi connectivity index (χ0n) is 15.9. The first kappa shape index (κ1) is 19.2. The Labute approximate surface area is 173 Å². The smallest absolute Gasteiger partial charge is 0.272 e. The number of nitrogens with zero attached hydrogens (tertiary/aromatic N) is 3. The van der Waals surface area contributed by atoms with Gasteiger partial charge in [0.05, 0.1) is 5.69 Å². The zero-order valence-corrected chi connectivity index (χ0v) is 17.5. The first-order valence-corrected chi connectivity index (χ1v) is 10.8. The standard InChI is InChI=1S/C21H25BrN4O2/c22-17-8-6-15(7-9-17)18-14-19(24-23-18)21(28)26-12-10-25(11-13-26)20(27)16-4-2-1-3-5-16/h6-9,14,16H,1-5,10-13H2,(H,23,24). The van der Waals surface area contributed by atoms with E-state index < -0.39 is 0 Å². The molecule has 1 aromatic heterocycles. The highest BCUT2D eigenvalue weighted by Crippen LogP contribution is 2.26. The SMILES string of the molecule is O=C(c1cc(-c2ccc(Br)cc2)n[nH]1)N1CCN(C(=O)C2CCCCC2)CC1. The van der Waals surface area contributed by atoms with Crippen LogP contribution < -0.4 is 0 Å². The second-order valence-corrected chi connectivity index (χ2v) is 8.54. The normalized spacial score (nSPS) is 18.3. The summed E-state index contributed by atoms with van der Waals surface area (Å²) in [4.78, 5) is 29.3. The molecule has 1 aromatic carbocycles. The molecule has 2 amide bonds. The second-order valence-electron chi connectivity index (χ2n) is 7.63. The maximum absolute atomic E-state index is 12.8. The molecule has 7 heteroatoms. The van der Waals surface area contributed by atoms with Gasteiger partial charge < -0.3 is 9.80 Å². The fourth-order valence-electron chi connectivity index (χ4n) is 4.11. The van der Waals surface area contributed by atoms with Gasteiger partial charge in [-0.3, -0.25) is 14.7 Å². The zero-order chi connectivity index (χ0) is 19.5. The number of hydrogen-bond acceptors (Lipinski definition) is 3. The van der Waals surface area contributed by atoms with Crippen molar-refractivity contribution in [2.24, 2.45) is 5.92 Å². The van der Waals surface area contributed by atoms with Crippen molar-refractivity contribution < 1.29 is 9.59 Å². The van der Waals surface area contributed by atoms with E-state index in [1.54, 1.807) is 6.07 Å². The van der Waals surface area contributed by atoms with Gasteiger partial charge in [0.15, 0.2) is 0 Å². The molecule has 1 saturated carbocycles. The highest BCUT2D eigenvalue weighted by molar-refractivity contribution is 9.10. The maximum Gasteiger partial charge on any atom is 0.272 e. The lowest BCUT2D eigenvalue weighted by Gasteiger charge is -2.37. The molecule has 2 fully saturated rings. The molecule has 2 aromatic rings. The third-order valence-electron chi connectivity index (χ3n) is 5.78. The molecule has 1 saturated heterocycles. The number of rotatable bonds is 3. The minimum Gasteiger partial charge on any atom is -0.339 e. The van der Waals surface area contributed by atoms with Gasteiger partial charge in [-0.2, -0.15) is 5.10 Å². The number of aromatic nitrogens is 2. The number of halogens is 1. The minimum absolute atomic E-state index is 0.0550. The van der Waals surface area contributed by atoms with Crippen LogP contribution in [0.5, 0.6) is 0 Å². The fourth-order valence-corrected chi connectivity index (χ4v) is 4.37. The Bertz CT molecular complexity index is 834. The summed E-state index contributed by atoms with van der Waals surface area (Å²) in [5, 5.41) is 7.15. The molecule has 0 atom stereocenters. The van der Waals surface area contributed by atoms with Crippen molar-refractivity contribution in [3.8, 4) is 11.3 Å². The van der Waals surface area contributed by atoms with E-state index in [9.17, 15) is 9.59 Å². The Morgan fingerprint density at radius 1 is 0.964 bits per heavy atom. The number of carbonyl (C=O) groups excluding carboxylic acids is 2. The number of amides is 2. The largest absolute Gasteiger partial charge is 0.339 e. The van der Waals surface area contributed by atoms with E-state index in [1.807, 2.05) is 34.1 Å². The Balaban J connectivity index is 1.35. The quantitative estimate of drug-likeness (QED) is 0.784. The van der Waals surface area contributed by atoms with Gasteiger partial charge in [0.1, 0.15) is 5.69 Å². The number of carbonyl (C=O) groups is 2. The molecule has 0 radical (unpaired) electrons. The van der Waals surface area contributed by atoms with Crippen LogP contribution in [0.4, 0.5) is 0 Å². The molecule has 28 heavy (non-hydrogen) atoms. The summed E-state index contributed by atoms with van der Waals surface area (Å²) in [6.45, 7) is 2.39. The van der Waals surface area contributed by atoms with E-state index in [2.05, 4.69) is 26.1 Å². The highest BCUT2D eigenvalue weighted by atomic mass is 79.9. The lowest BCUT2D eigenvalue weighted by atomic mass is 9.88. The van der Waals surface area contributed by atoms with Gasteiger partial charge in [0.2, 0.25) is 5.91 Å². The second kappa shape index (κ2) is 8.47. The molecule has 2 aliphatic rings. The van der Waals surface area contributed by atoms with Gasteiger partial charge in [-0.15, -0.1) is 0 Å². The first-order valence-electron chi connectivity index (χ1n) is 10.0. The molecular formula is C21H25BrN4O2. The van der Waals surface area contributed by atoms with Crippen LogP contribution in [-0.4, -0.2) is 58.0 Å². The number of H-pyrrole nitrogens is 1. The Hall–Kier alpha value is -2.15. The van der Waals surface area contributed by atoms with Gasteiger partial charge in [0, 0.05) is 42.1 Å². The van der Waals surface area contributed by atoms with Crippen LogP contribution in [0.15, 0.2) is 34.8 Å². The third kappa shape index (κ3) is 4.14. The molecule has 148 valence electrons. The van der Waals surface area contributed by atoms with Crippen molar-refractivity contribution in [3.63, 3.8) is 0 Å². The average Bonchev–Trinajstić information content (AvgIpc) is 3.24. The Morgan fingerprint density at radius 3 is 2.29 bits per heavy atom. The van der Waals surface area contributed by atoms with E-state index in [-0.39, 0.29) is 17.7 Å². The van der Waals surface area contributed by atoms with Crippen molar-refractivity contribution in [2.45, 2.75) is 32.1 Å². The molecule has 2 heterocycles. The van der Waals surface area contributed by atoms with Crippen molar-refractivity contribution in [1.29, 1.82) is 0 Å². The van der Waals surface area contributed by atoms with Gasteiger partial charge in [-0.1, -0.05) is 47.3 Å². The van der Waals surface area contributed by atoms with Crippen molar-refractivity contribution in [3.05, 3.63) is 40.5 Å². The predicted octanol–water partition coefficient (Wildman–Crippen LogP) is 3.70. The topological polar surface area (TPSA) is 69.3 Å². The van der Waals surface area contributed by atoms with Crippen molar-refractivity contribution >= 4 is 27.7 Å². The van der Waals surface area contributed by atoms with Crippen molar-refractivity contribution in [2.75, 3.05) is 26.2 Å². The van der Waals surface area contributed by atoms with Gasteiger partial charge in [-0.05, 0) is 31.0 Å². The number of benzene rings is 1. The summed E-state index contributed by atoms with van der Waals surface area (Å²) in [7, 11) is 0. The van der Waals surface area contributed by atoms with Crippen LogP contribution in [-0.2, 0) is 4.79 Å². The van der Waals surface area contributed by atoms with Crippen molar-refractivity contribution in [1.82, 2.24) is 20.0 Å². The number of hydrogen-bond donors (Lipinski definition) is 1. The monoisotopic (exact) mass is 444 g/mol. The summed E-state index contributed by atoms with van der Waals surface area (Å²) in [6, 6.07) is 9.63. The summed E-state index contributed by atoms with van der Waals surface area (Å²) < 4.78 is 1.00. The van der Waals surface area contributed by atoms with Gasteiger partial charge in [-0.25, -0.2) is 0 Å². The van der Waals surface area contributed by atoms with E-state index in [0.29, 0.717) is 31.9 Å². The summed E-state index contributed by atoms with van der Waals surface area (Å²) >= 11 is 3.42. The van der Waals surface area contributed by atoms with Crippen LogP contribution in [0.25, 0.3) is 11.3 Å². The number of piperazine rings is 1. The predicted molar refractivity (Wildman–Crippen MR) is 111 cm³/mol. The van der Waals surface area contributed by atoms with E-state index in [4.69, 9.17) is 0 Å². The molecule has 0 unspecified atom stereocenters. The minimum atomic E-state index is -0.0550. The van der Waals surface area contributed by atoms with E-state index in [0.717, 1.165) is 41.4 Å². The first-order chi connectivity index (χ1) is 13.6. The number of aromatic amines is 1. The third-order valence-corrected chi connectivity index (χ3v) is 6.31. The van der Waals surface area contributed by atoms with Crippen LogP contribution in [0.1, 0.15) is 42.6 Å². The van der Waals surface area contributed by atoms with Crippen LogP contribution in [0, 0.1) is 5.92 Å². The average molecular weight is 445 g/mol. The van der Waals surface area contributed by atoms with Gasteiger partial charge in [0.25, 0.3) is 5.91 Å². The maximum atomic E-state index is 12.8. The molecule has 0 bridgehead atoms.